The van der Waals surface area contributed by atoms with E-state index < -0.39 is 0 Å². The van der Waals surface area contributed by atoms with E-state index in [1.165, 1.54) is 10.9 Å². The number of nitrogens with one attached hydrogen (secondary N) is 1. The van der Waals surface area contributed by atoms with E-state index in [1.807, 2.05) is 24.3 Å². The minimum atomic E-state index is -0.203. The number of nitrogens with zero attached hydrogens (tertiary/aromatic N) is 2. The van der Waals surface area contributed by atoms with E-state index in [0.29, 0.717) is 17.0 Å². The fourth-order valence-corrected chi connectivity index (χ4v) is 2.67. The predicted molar refractivity (Wildman–Crippen MR) is 80.7 cm³/mol. The number of fused-ring (bicyclic) bond motifs is 1. The molecule has 0 fully saturated rings. The molecule has 1 aromatic heterocycles. The van der Waals surface area contributed by atoms with Gasteiger partial charge < -0.3 is 10.1 Å². The molecule has 0 amide bonds. The Labute approximate surface area is 126 Å². The Balaban J connectivity index is 1.93. The number of carbonyl (C=O) groups is 1. The van der Waals surface area contributed by atoms with Crippen LogP contribution in [0.4, 0.5) is 5.69 Å². The third kappa shape index (κ3) is 2.69. The first-order valence-corrected chi connectivity index (χ1v) is 7.11. The molecule has 1 N–H and O–H groups in total. The lowest BCUT2D eigenvalue weighted by Gasteiger charge is -2.26. The summed E-state index contributed by atoms with van der Waals surface area (Å²) < 4.78 is 1.31. The summed E-state index contributed by atoms with van der Waals surface area (Å²) in [6, 6.07) is 7.62. The number of anilines is 1. The molecule has 5 nitrogen and oxygen atoms in total. The highest BCUT2D eigenvalue weighted by molar-refractivity contribution is 6.30. The van der Waals surface area contributed by atoms with Crippen LogP contribution in [0, 0.1) is 0 Å². The zero-order chi connectivity index (χ0) is 14.8. The quantitative estimate of drug-likeness (QED) is 0.883. The van der Waals surface area contributed by atoms with Gasteiger partial charge in [-0.05, 0) is 30.5 Å². The van der Waals surface area contributed by atoms with Crippen molar-refractivity contribution in [1.82, 2.24) is 9.55 Å². The summed E-state index contributed by atoms with van der Waals surface area (Å²) >= 11 is 5.90. The fraction of sp³-hybridized carbons (Fsp3) is 0.267. The van der Waals surface area contributed by atoms with Crippen LogP contribution in [0.3, 0.4) is 0 Å². The first-order chi connectivity index (χ1) is 10.2. The Hall–Kier alpha value is -2.14. The predicted octanol–water partition coefficient (Wildman–Crippen LogP) is 2.20. The van der Waals surface area contributed by atoms with E-state index in [0.717, 1.165) is 24.1 Å². The third-order valence-electron chi connectivity index (χ3n) is 3.65. The van der Waals surface area contributed by atoms with Crippen LogP contribution in [-0.2, 0) is 17.8 Å². The van der Waals surface area contributed by atoms with Crippen LogP contribution in [0.15, 0.2) is 35.4 Å². The van der Waals surface area contributed by atoms with Crippen molar-refractivity contribution in [3.05, 3.63) is 57.2 Å². The van der Waals surface area contributed by atoms with Crippen LogP contribution in [-0.4, -0.2) is 15.8 Å². The summed E-state index contributed by atoms with van der Waals surface area (Å²) in [5.74, 6) is 0. The fourth-order valence-electron chi connectivity index (χ4n) is 2.54. The van der Waals surface area contributed by atoms with E-state index in [4.69, 9.17) is 11.6 Å². The van der Waals surface area contributed by atoms with Crippen molar-refractivity contribution >= 4 is 23.6 Å². The number of carbonyl (C=O) groups excluding carboxylic acids is 1. The lowest BCUT2D eigenvalue weighted by atomic mass is 9.96. The van der Waals surface area contributed by atoms with Gasteiger partial charge in [0.15, 0.2) is 0 Å². The molecule has 6 heteroatoms. The van der Waals surface area contributed by atoms with Gasteiger partial charge in [0.25, 0.3) is 5.56 Å². The topological polar surface area (TPSA) is 64.0 Å². The SMILES string of the molecule is O=CCn1cnc2c(c1=O)NC(c1ccc(Cl)cc1)CC2. The van der Waals surface area contributed by atoms with Gasteiger partial charge in [-0.3, -0.25) is 9.36 Å². The lowest BCUT2D eigenvalue weighted by molar-refractivity contribution is -0.108. The molecule has 2 heterocycles. The molecule has 108 valence electrons. The molecular weight excluding hydrogens is 290 g/mol. The van der Waals surface area contributed by atoms with Gasteiger partial charge in [0.05, 0.1) is 24.6 Å². The minimum absolute atomic E-state index is 0.0202. The monoisotopic (exact) mass is 303 g/mol. The number of aromatic nitrogens is 2. The van der Waals surface area contributed by atoms with Gasteiger partial charge in [-0.25, -0.2) is 4.98 Å². The van der Waals surface area contributed by atoms with E-state index >= 15 is 0 Å². The molecule has 1 aliphatic heterocycles. The molecule has 2 aromatic rings. The number of aldehydes is 1. The first-order valence-electron chi connectivity index (χ1n) is 6.73. The molecular formula is C15H14ClN3O2. The Morgan fingerprint density at radius 2 is 2.14 bits per heavy atom. The van der Waals surface area contributed by atoms with Crippen molar-refractivity contribution in [1.29, 1.82) is 0 Å². The highest BCUT2D eigenvalue weighted by Gasteiger charge is 2.23. The highest BCUT2D eigenvalue weighted by Crippen LogP contribution is 2.29. The summed E-state index contributed by atoms with van der Waals surface area (Å²) in [6.45, 7) is 0.0202. The summed E-state index contributed by atoms with van der Waals surface area (Å²) in [4.78, 5) is 27.2. The summed E-state index contributed by atoms with van der Waals surface area (Å²) in [5.41, 5.74) is 2.12. The maximum Gasteiger partial charge on any atom is 0.277 e. The molecule has 3 rings (SSSR count). The normalized spacial score (nSPS) is 16.9. The minimum Gasteiger partial charge on any atom is -0.372 e. The molecule has 0 radical (unpaired) electrons. The zero-order valence-corrected chi connectivity index (χ0v) is 12.0. The van der Waals surface area contributed by atoms with Crippen molar-refractivity contribution in [2.45, 2.75) is 25.4 Å². The molecule has 0 spiro atoms. The standard InChI is InChI=1S/C15H14ClN3O2/c16-11-3-1-10(2-4-11)12-5-6-13-14(18-12)15(21)19(7-8-20)9-17-13/h1-4,8-9,12,18H,5-7H2. The summed E-state index contributed by atoms with van der Waals surface area (Å²) in [7, 11) is 0. The van der Waals surface area contributed by atoms with Crippen LogP contribution >= 0.6 is 11.6 Å². The van der Waals surface area contributed by atoms with Crippen LogP contribution in [0.1, 0.15) is 23.7 Å². The zero-order valence-electron chi connectivity index (χ0n) is 11.3. The van der Waals surface area contributed by atoms with Gasteiger partial charge in [-0.2, -0.15) is 0 Å². The number of aryl methyl sites for hydroxylation is 1. The number of hydrogen-bond donors (Lipinski definition) is 1. The van der Waals surface area contributed by atoms with Gasteiger partial charge in [0, 0.05) is 5.02 Å². The van der Waals surface area contributed by atoms with Gasteiger partial charge in [0.1, 0.15) is 12.0 Å². The smallest absolute Gasteiger partial charge is 0.277 e. The molecule has 0 saturated carbocycles. The largest absolute Gasteiger partial charge is 0.372 e. The second kappa shape index (κ2) is 5.69. The average Bonchev–Trinajstić information content (AvgIpc) is 2.51. The van der Waals surface area contributed by atoms with Crippen molar-refractivity contribution in [2.75, 3.05) is 5.32 Å². The Morgan fingerprint density at radius 3 is 2.86 bits per heavy atom. The van der Waals surface area contributed by atoms with Crippen LogP contribution in [0.25, 0.3) is 0 Å². The van der Waals surface area contributed by atoms with Gasteiger partial charge >= 0.3 is 0 Å². The molecule has 21 heavy (non-hydrogen) atoms. The number of rotatable bonds is 3. The van der Waals surface area contributed by atoms with Crippen LogP contribution < -0.4 is 10.9 Å². The van der Waals surface area contributed by atoms with Crippen LogP contribution in [0.2, 0.25) is 5.02 Å². The van der Waals surface area contributed by atoms with Crippen LogP contribution in [0.5, 0.6) is 0 Å². The van der Waals surface area contributed by atoms with E-state index in [2.05, 4.69) is 10.3 Å². The van der Waals surface area contributed by atoms with Crippen molar-refractivity contribution in [3.8, 4) is 0 Å². The lowest BCUT2D eigenvalue weighted by Crippen LogP contribution is -2.31. The molecule has 0 bridgehead atoms. The van der Waals surface area contributed by atoms with Crippen molar-refractivity contribution < 1.29 is 4.79 Å². The summed E-state index contributed by atoms with van der Waals surface area (Å²) in [5, 5.41) is 3.93. The Morgan fingerprint density at radius 1 is 1.38 bits per heavy atom. The van der Waals surface area contributed by atoms with E-state index in [9.17, 15) is 9.59 Å². The second-order valence-electron chi connectivity index (χ2n) is 4.98. The number of benzene rings is 1. The van der Waals surface area contributed by atoms with Crippen molar-refractivity contribution in [3.63, 3.8) is 0 Å². The Bertz CT molecular complexity index is 725. The second-order valence-corrected chi connectivity index (χ2v) is 5.41. The van der Waals surface area contributed by atoms with E-state index in [1.54, 1.807) is 0 Å². The molecule has 0 saturated heterocycles. The highest BCUT2D eigenvalue weighted by atomic mass is 35.5. The number of hydrogen-bond acceptors (Lipinski definition) is 4. The van der Waals surface area contributed by atoms with Gasteiger partial charge in [-0.1, -0.05) is 23.7 Å². The Kier molecular flexibility index (Phi) is 3.75. The molecule has 1 aliphatic rings. The van der Waals surface area contributed by atoms with E-state index in [-0.39, 0.29) is 18.1 Å². The molecule has 1 atom stereocenters. The molecule has 0 aliphatic carbocycles. The average molecular weight is 304 g/mol. The van der Waals surface area contributed by atoms with Crippen molar-refractivity contribution in [2.24, 2.45) is 0 Å². The molecule has 1 unspecified atom stereocenters. The summed E-state index contributed by atoms with van der Waals surface area (Å²) in [6.07, 6.45) is 3.71. The van der Waals surface area contributed by atoms with Gasteiger partial charge in [0.2, 0.25) is 0 Å². The molecule has 1 aromatic carbocycles. The maximum atomic E-state index is 12.3. The third-order valence-corrected chi connectivity index (χ3v) is 3.90. The maximum absolute atomic E-state index is 12.3. The first kappa shape index (κ1) is 13.8. The van der Waals surface area contributed by atoms with Gasteiger partial charge in [-0.15, -0.1) is 0 Å². The number of halogens is 1.